The molecule has 1 amide bonds. The highest BCUT2D eigenvalue weighted by molar-refractivity contribution is 6.08. The molecule has 1 fully saturated rings. The van der Waals surface area contributed by atoms with Crippen molar-refractivity contribution in [3.05, 3.63) is 29.6 Å². The molecule has 0 bridgehead atoms. The molecular weight excluding hydrogens is 279 g/mol. The van der Waals surface area contributed by atoms with Crippen molar-refractivity contribution in [3.63, 3.8) is 0 Å². The Hall–Kier alpha value is -1.13. The zero-order valence-corrected chi connectivity index (χ0v) is 12.6. The normalized spacial score (nSPS) is 20.2. The van der Waals surface area contributed by atoms with Crippen molar-refractivity contribution in [2.24, 2.45) is 0 Å². The topological polar surface area (TPSA) is 32.3 Å². The van der Waals surface area contributed by atoms with E-state index >= 15 is 0 Å². The van der Waals surface area contributed by atoms with Gasteiger partial charge in [0.05, 0.1) is 11.1 Å². The van der Waals surface area contributed by atoms with Gasteiger partial charge in [-0.3, -0.25) is 4.79 Å². The number of carbonyl (C=O) groups is 1. The van der Waals surface area contributed by atoms with E-state index in [-0.39, 0.29) is 30.2 Å². The van der Waals surface area contributed by atoms with Gasteiger partial charge in [-0.05, 0) is 51.4 Å². The van der Waals surface area contributed by atoms with Gasteiger partial charge in [0, 0.05) is 6.04 Å². The summed E-state index contributed by atoms with van der Waals surface area (Å²) >= 11 is 0. The summed E-state index contributed by atoms with van der Waals surface area (Å²) in [4.78, 5) is 14.5. The summed E-state index contributed by atoms with van der Waals surface area (Å²) in [6, 6.07) is 5.07. The van der Waals surface area contributed by atoms with E-state index in [1.165, 1.54) is 6.07 Å². The lowest BCUT2D eigenvalue weighted by molar-refractivity contribution is -0.124. The number of benzene rings is 1. The molecule has 1 saturated heterocycles. The number of rotatable bonds is 1. The summed E-state index contributed by atoms with van der Waals surface area (Å²) < 4.78 is 14.2. The molecule has 0 aliphatic carbocycles. The van der Waals surface area contributed by atoms with Gasteiger partial charge in [-0.2, -0.15) is 0 Å². The maximum Gasteiger partial charge on any atom is 0.238 e. The van der Waals surface area contributed by atoms with Crippen LogP contribution in [0, 0.1) is 5.82 Å². The number of nitrogens with one attached hydrogen (secondary N) is 1. The molecule has 20 heavy (non-hydrogen) atoms. The van der Waals surface area contributed by atoms with Gasteiger partial charge in [0.1, 0.15) is 5.82 Å². The summed E-state index contributed by atoms with van der Waals surface area (Å²) in [5, 5.41) is 3.28. The van der Waals surface area contributed by atoms with Crippen LogP contribution in [0.25, 0.3) is 0 Å². The van der Waals surface area contributed by atoms with E-state index in [2.05, 4.69) is 5.32 Å². The Morgan fingerprint density at radius 2 is 1.95 bits per heavy atom. The predicted octanol–water partition coefficient (Wildman–Crippen LogP) is 2.62. The van der Waals surface area contributed by atoms with Gasteiger partial charge >= 0.3 is 0 Å². The number of anilines is 1. The van der Waals surface area contributed by atoms with Crippen molar-refractivity contribution >= 4 is 24.0 Å². The van der Waals surface area contributed by atoms with Crippen LogP contribution < -0.4 is 10.2 Å². The zero-order chi connectivity index (χ0) is 13.6. The third kappa shape index (κ3) is 1.93. The fraction of sp³-hybridized carbons (Fsp3) is 0.533. The van der Waals surface area contributed by atoms with E-state index in [0.29, 0.717) is 5.69 Å². The number of amides is 1. The Labute approximate surface area is 124 Å². The standard InChI is InChI=1S/C15H19FN2O.ClH/c1-10(2)18-13-11(4-3-5-12(13)16)15(14(18)19)6-8-17-9-7-15;/h3-5,10,17H,6-9H2,1-2H3;1H. The van der Waals surface area contributed by atoms with Crippen LogP contribution in [-0.4, -0.2) is 25.0 Å². The molecule has 0 radical (unpaired) electrons. The first kappa shape index (κ1) is 15.3. The minimum atomic E-state index is -0.507. The number of hydrogen-bond donors (Lipinski definition) is 1. The molecular formula is C15H20ClFN2O. The first-order chi connectivity index (χ1) is 9.08. The monoisotopic (exact) mass is 298 g/mol. The average molecular weight is 299 g/mol. The highest BCUT2D eigenvalue weighted by atomic mass is 35.5. The van der Waals surface area contributed by atoms with Crippen LogP contribution in [0.2, 0.25) is 0 Å². The third-order valence-corrected chi connectivity index (χ3v) is 4.34. The number of para-hydroxylation sites is 1. The van der Waals surface area contributed by atoms with E-state index in [4.69, 9.17) is 0 Å². The van der Waals surface area contributed by atoms with Gasteiger partial charge in [-0.25, -0.2) is 4.39 Å². The van der Waals surface area contributed by atoms with Gasteiger partial charge < -0.3 is 10.2 Å². The van der Waals surface area contributed by atoms with E-state index < -0.39 is 5.41 Å². The van der Waals surface area contributed by atoms with Gasteiger partial charge in [0.15, 0.2) is 0 Å². The van der Waals surface area contributed by atoms with Gasteiger partial charge in [0.25, 0.3) is 0 Å². The van der Waals surface area contributed by atoms with E-state index in [1.807, 2.05) is 19.9 Å². The number of nitrogens with zero attached hydrogens (tertiary/aromatic N) is 1. The Bertz CT molecular complexity index is 527. The van der Waals surface area contributed by atoms with Crippen LogP contribution in [0.15, 0.2) is 18.2 Å². The predicted molar refractivity (Wildman–Crippen MR) is 80.1 cm³/mol. The number of carbonyl (C=O) groups excluding carboxylic acids is 1. The Balaban J connectivity index is 0.00000147. The molecule has 0 atom stereocenters. The molecule has 3 nitrogen and oxygen atoms in total. The third-order valence-electron chi connectivity index (χ3n) is 4.34. The molecule has 0 unspecified atom stereocenters. The molecule has 110 valence electrons. The molecule has 1 aromatic carbocycles. The molecule has 5 heteroatoms. The molecule has 1 N–H and O–H groups in total. The van der Waals surface area contributed by atoms with Crippen LogP contribution in [0.4, 0.5) is 10.1 Å². The summed E-state index contributed by atoms with van der Waals surface area (Å²) in [5.41, 5.74) is 0.879. The van der Waals surface area contributed by atoms with Crippen LogP contribution in [0.3, 0.4) is 0 Å². The molecule has 2 aliphatic heterocycles. The average Bonchev–Trinajstić information content (AvgIpc) is 2.63. The van der Waals surface area contributed by atoms with Crippen molar-refractivity contribution in [2.75, 3.05) is 18.0 Å². The van der Waals surface area contributed by atoms with Crippen LogP contribution in [0.1, 0.15) is 32.3 Å². The fourth-order valence-corrected chi connectivity index (χ4v) is 3.42. The second kappa shape index (κ2) is 5.34. The fourth-order valence-electron chi connectivity index (χ4n) is 3.42. The maximum atomic E-state index is 14.2. The largest absolute Gasteiger partial charge is 0.317 e. The summed E-state index contributed by atoms with van der Waals surface area (Å²) in [7, 11) is 0. The van der Waals surface area contributed by atoms with Crippen molar-refractivity contribution < 1.29 is 9.18 Å². The molecule has 3 rings (SSSR count). The van der Waals surface area contributed by atoms with Gasteiger partial charge in [-0.1, -0.05) is 12.1 Å². The zero-order valence-electron chi connectivity index (χ0n) is 11.8. The molecule has 2 heterocycles. The Morgan fingerprint density at radius 3 is 2.55 bits per heavy atom. The highest BCUT2D eigenvalue weighted by Crippen LogP contribution is 2.48. The number of halogens is 2. The second-order valence-electron chi connectivity index (χ2n) is 5.74. The summed E-state index contributed by atoms with van der Waals surface area (Å²) in [6.45, 7) is 5.50. The van der Waals surface area contributed by atoms with Crippen LogP contribution in [0.5, 0.6) is 0 Å². The van der Waals surface area contributed by atoms with E-state index in [9.17, 15) is 9.18 Å². The quantitative estimate of drug-likeness (QED) is 0.864. The van der Waals surface area contributed by atoms with Crippen LogP contribution in [-0.2, 0) is 10.2 Å². The molecule has 1 spiro atoms. The lowest BCUT2D eigenvalue weighted by Crippen LogP contribution is -2.48. The van der Waals surface area contributed by atoms with E-state index in [1.54, 1.807) is 11.0 Å². The molecule has 0 saturated carbocycles. The maximum absolute atomic E-state index is 14.2. The van der Waals surface area contributed by atoms with Crippen molar-refractivity contribution in [1.29, 1.82) is 0 Å². The van der Waals surface area contributed by atoms with Crippen molar-refractivity contribution in [1.82, 2.24) is 5.32 Å². The number of hydrogen-bond acceptors (Lipinski definition) is 2. The first-order valence-electron chi connectivity index (χ1n) is 6.91. The smallest absolute Gasteiger partial charge is 0.238 e. The Morgan fingerprint density at radius 1 is 1.30 bits per heavy atom. The lowest BCUT2D eigenvalue weighted by atomic mass is 9.74. The van der Waals surface area contributed by atoms with Crippen LogP contribution >= 0.6 is 12.4 Å². The highest BCUT2D eigenvalue weighted by Gasteiger charge is 2.52. The van der Waals surface area contributed by atoms with Gasteiger partial charge in [-0.15, -0.1) is 12.4 Å². The van der Waals surface area contributed by atoms with E-state index in [0.717, 1.165) is 31.5 Å². The minimum Gasteiger partial charge on any atom is -0.317 e. The number of fused-ring (bicyclic) bond motifs is 2. The SMILES string of the molecule is CC(C)N1C(=O)C2(CCNCC2)c2cccc(F)c21.Cl. The lowest BCUT2D eigenvalue weighted by Gasteiger charge is -2.33. The molecule has 2 aliphatic rings. The van der Waals surface area contributed by atoms with Crippen molar-refractivity contribution in [3.8, 4) is 0 Å². The number of piperidine rings is 1. The summed E-state index contributed by atoms with van der Waals surface area (Å²) in [6.07, 6.45) is 1.51. The Kier molecular flexibility index (Phi) is 4.07. The molecule has 0 aromatic heterocycles. The molecule has 1 aromatic rings. The minimum absolute atomic E-state index is 0. The summed E-state index contributed by atoms with van der Waals surface area (Å²) in [5.74, 6) is -0.209. The second-order valence-corrected chi connectivity index (χ2v) is 5.74. The first-order valence-corrected chi connectivity index (χ1v) is 6.91. The van der Waals surface area contributed by atoms with Crippen molar-refractivity contribution in [2.45, 2.75) is 38.1 Å². The van der Waals surface area contributed by atoms with Gasteiger partial charge in [0.2, 0.25) is 5.91 Å².